The van der Waals surface area contributed by atoms with Crippen molar-refractivity contribution in [3.8, 4) is 0 Å². The first kappa shape index (κ1) is 16.3. The van der Waals surface area contributed by atoms with E-state index in [1.807, 2.05) is 20.1 Å². The number of aryl methyl sites for hydroxylation is 1. The maximum absolute atomic E-state index is 4.58. The minimum Gasteiger partial charge on any atom is -0.369 e. The van der Waals surface area contributed by atoms with Crippen LogP contribution in [0.15, 0.2) is 47.6 Å². The summed E-state index contributed by atoms with van der Waals surface area (Å²) in [6.07, 6.45) is 4.26. The summed E-state index contributed by atoms with van der Waals surface area (Å²) in [6, 6.07) is 13.1. The Morgan fingerprint density at radius 3 is 2.32 bits per heavy atom. The van der Waals surface area contributed by atoms with Gasteiger partial charge in [-0.1, -0.05) is 63.6 Å². The zero-order valence-corrected chi connectivity index (χ0v) is 14.2. The second kappa shape index (κ2) is 7.26. The summed E-state index contributed by atoms with van der Waals surface area (Å²) in [7, 11) is 0. The van der Waals surface area contributed by atoms with E-state index in [1.165, 1.54) is 21.9 Å². The van der Waals surface area contributed by atoms with Gasteiger partial charge in [-0.3, -0.25) is 4.99 Å². The molecule has 0 aromatic heterocycles. The molecule has 1 aliphatic heterocycles. The molecule has 22 heavy (non-hydrogen) atoms. The minimum absolute atomic E-state index is 0.196. The number of hydrogen-bond donors (Lipinski definition) is 1. The predicted molar refractivity (Wildman–Crippen MR) is 98.3 cm³/mol. The number of fused-ring (bicyclic) bond motifs is 1. The Morgan fingerprint density at radius 2 is 1.68 bits per heavy atom. The fourth-order valence-electron chi connectivity index (χ4n) is 2.48. The van der Waals surface area contributed by atoms with Crippen molar-refractivity contribution in [2.75, 3.05) is 0 Å². The van der Waals surface area contributed by atoms with Crippen LogP contribution >= 0.6 is 0 Å². The topological polar surface area (TPSA) is 24.4 Å². The van der Waals surface area contributed by atoms with Crippen molar-refractivity contribution in [1.29, 1.82) is 0 Å². The number of hydrogen-bond acceptors (Lipinski definition) is 2. The van der Waals surface area contributed by atoms with Crippen LogP contribution in [0.2, 0.25) is 0 Å². The molecule has 0 bridgehead atoms. The van der Waals surface area contributed by atoms with E-state index in [0.717, 1.165) is 5.57 Å². The van der Waals surface area contributed by atoms with E-state index >= 15 is 0 Å². The van der Waals surface area contributed by atoms with E-state index in [1.54, 1.807) is 0 Å². The van der Waals surface area contributed by atoms with Gasteiger partial charge in [0.25, 0.3) is 0 Å². The Labute approximate surface area is 134 Å². The lowest BCUT2D eigenvalue weighted by atomic mass is 10.0. The van der Waals surface area contributed by atoms with Gasteiger partial charge in [-0.25, -0.2) is 0 Å². The number of allylic oxidation sites excluding steroid dienone is 1. The van der Waals surface area contributed by atoms with E-state index in [0.29, 0.717) is 5.92 Å². The Kier molecular flexibility index (Phi) is 5.37. The first-order chi connectivity index (χ1) is 10.6. The summed E-state index contributed by atoms with van der Waals surface area (Å²) in [5.41, 5.74) is 3.65. The molecule has 1 N–H and O–H groups in total. The smallest absolute Gasteiger partial charge is 0.120 e. The van der Waals surface area contributed by atoms with Gasteiger partial charge >= 0.3 is 0 Å². The van der Waals surface area contributed by atoms with Crippen molar-refractivity contribution >= 4 is 22.6 Å². The maximum atomic E-state index is 4.58. The maximum Gasteiger partial charge on any atom is 0.120 e. The highest BCUT2D eigenvalue weighted by Gasteiger charge is 2.13. The molecule has 116 valence electrons. The molecular formula is C20H26N2. The molecule has 0 fully saturated rings. The first-order valence-corrected chi connectivity index (χ1v) is 8.14. The largest absolute Gasteiger partial charge is 0.369 e. The number of rotatable bonds is 2. The van der Waals surface area contributed by atoms with Crippen LogP contribution in [0.4, 0.5) is 0 Å². The van der Waals surface area contributed by atoms with Crippen LogP contribution in [0.1, 0.15) is 38.8 Å². The summed E-state index contributed by atoms with van der Waals surface area (Å²) in [6.45, 7) is 10.5. The molecule has 1 heterocycles. The highest BCUT2D eigenvalue weighted by Crippen LogP contribution is 2.23. The van der Waals surface area contributed by atoms with Gasteiger partial charge in [0.2, 0.25) is 0 Å². The van der Waals surface area contributed by atoms with E-state index < -0.39 is 0 Å². The molecule has 3 rings (SSSR count). The van der Waals surface area contributed by atoms with Gasteiger partial charge in [-0.05, 0) is 35.2 Å². The lowest BCUT2D eigenvalue weighted by molar-refractivity contribution is 0.456. The zero-order valence-electron chi connectivity index (χ0n) is 14.2. The zero-order chi connectivity index (χ0) is 16.1. The molecular weight excluding hydrogens is 268 g/mol. The number of nitrogens with zero attached hydrogens (tertiary/aromatic N) is 1. The fraction of sp³-hybridized carbons (Fsp3) is 0.350. The van der Waals surface area contributed by atoms with Gasteiger partial charge in [0.1, 0.15) is 6.17 Å². The lowest BCUT2D eigenvalue weighted by Crippen LogP contribution is -2.30. The van der Waals surface area contributed by atoms with E-state index in [4.69, 9.17) is 0 Å². The average Bonchev–Trinajstić information content (AvgIpc) is 2.56. The molecule has 0 amide bonds. The molecule has 2 aromatic rings. The van der Waals surface area contributed by atoms with E-state index in [9.17, 15) is 0 Å². The van der Waals surface area contributed by atoms with E-state index in [-0.39, 0.29) is 6.17 Å². The highest BCUT2D eigenvalue weighted by molar-refractivity contribution is 6.11. The van der Waals surface area contributed by atoms with Crippen molar-refractivity contribution in [3.05, 3.63) is 53.7 Å². The molecule has 1 unspecified atom stereocenters. The van der Waals surface area contributed by atoms with Crippen molar-refractivity contribution in [2.24, 2.45) is 10.9 Å². The predicted octanol–water partition coefficient (Wildman–Crippen LogP) is 5.17. The monoisotopic (exact) mass is 294 g/mol. The Bertz CT molecular complexity index is 696. The molecule has 2 heteroatoms. The third-order valence-electron chi connectivity index (χ3n) is 3.74. The Morgan fingerprint density at radius 1 is 1.00 bits per heavy atom. The van der Waals surface area contributed by atoms with Crippen LogP contribution in [0, 0.1) is 12.8 Å². The number of benzene rings is 2. The van der Waals surface area contributed by atoms with Crippen LogP contribution in [-0.4, -0.2) is 12.4 Å². The van der Waals surface area contributed by atoms with Gasteiger partial charge in [0, 0.05) is 18.0 Å². The van der Waals surface area contributed by atoms with Crippen LogP contribution in [0.25, 0.3) is 16.3 Å². The number of nitrogens with one attached hydrogen (secondary N) is 1. The summed E-state index contributed by atoms with van der Waals surface area (Å²) in [5.74, 6) is 0.503. The SMILES string of the molecule is CC.Cc1ccc2cc(C3=CNC(C(C)C)N=C3)ccc2c1. The van der Waals surface area contributed by atoms with Crippen molar-refractivity contribution in [1.82, 2.24) is 5.32 Å². The molecule has 2 aromatic carbocycles. The molecule has 2 nitrogen and oxygen atoms in total. The summed E-state index contributed by atoms with van der Waals surface area (Å²) >= 11 is 0. The highest BCUT2D eigenvalue weighted by atomic mass is 15.1. The molecule has 0 saturated carbocycles. The minimum atomic E-state index is 0.196. The van der Waals surface area contributed by atoms with Crippen molar-refractivity contribution in [3.63, 3.8) is 0 Å². The Hall–Kier alpha value is -2.09. The average molecular weight is 294 g/mol. The van der Waals surface area contributed by atoms with Gasteiger partial charge in [-0.2, -0.15) is 0 Å². The third kappa shape index (κ3) is 3.56. The van der Waals surface area contributed by atoms with Crippen molar-refractivity contribution in [2.45, 2.75) is 40.8 Å². The quantitative estimate of drug-likeness (QED) is 0.811. The second-order valence-corrected chi connectivity index (χ2v) is 5.80. The van der Waals surface area contributed by atoms with Crippen LogP contribution in [0.5, 0.6) is 0 Å². The van der Waals surface area contributed by atoms with Crippen LogP contribution in [0.3, 0.4) is 0 Å². The van der Waals surface area contributed by atoms with Gasteiger partial charge in [-0.15, -0.1) is 0 Å². The third-order valence-corrected chi connectivity index (χ3v) is 3.74. The van der Waals surface area contributed by atoms with Gasteiger partial charge in [0.05, 0.1) is 0 Å². The molecule has 0 aliphatic carbocycles. The summed E-state index contributed by atoms with van der Waals surface area (Å²) in [5, 5.41) is 5.92. The van der Waals surface area contributed by atoms with Gasteiger partial charge < -0.3 is 5.32 Å². The summed E-state index contributed by atoms with van der Waals surface area (Å²) < 4.78 is 0. The number of aliphatic imine (C=N–C) groups is 1. The van der Waals surface area contributed by atoms with Crippen LogP contribution < -0.4 is 5.32 Å². The fourth-order valence-corrected chi connectivity index (χ4v) is 2.48. The standard InChI is InChI=1S/C18H20N2.C2H6/c1-12(2)18-19-10-17(11-20-18)16-7-6-14-8-13(3)4-5-15(14)9-16;1-2/h4-12,18-19H,1-3H3;1-2H3. The second-order valence-electron chi connectivity index (χ2n) is 5.80. The molecule has 0 spiro atoms. The Balaban J connectivity index is 0.000000847. The molecule has 1 aliphatic rings. The molecule has 1 atom stereocenters. The first-order valence-electron chi connectivity index (χ1n) is 8.14. The molecule has 0 radical (unpaired) electrons. The lowest BCUT2D eigenvalue weighted by Gasteiger charge is -2.21. The normalized spacial score (nSPS) is 16.8. The summed E-state index contributed by atoms with van der Waals surface area (Å²) in [4.78, 5) is 4.58. The van der Waals surface area contributed by atoms with Gasteiger partial charge in [0.15, 0.2) is 0 Å². The van der Waals surface area contributed by atoms with Crippen molar-refractivity contribution < 1.29 is 0 Å². The van der Waals surface area contributed by atoms with E-state index in [2.05, 4.69) is 73.7 Å². The van der Waals surface area contributed by atoms with Crippen LogP contribution in [-0.2, 0) is 0 Å². The molecule has 0 saturated heterocycles.